The molecule has 3 heterocycles. The number of allylic oxidation sites excluding steroid dienone is 3. The number of benzene rings is 1. The predicted octanol–water partition coefficient (Wildman–Crippen LogP) is 5.64. The van der Waals surface area contributed by atoms with E-state index in [-0.39, 0.29) is 0 Å². The van der Waals surface area contributed by atoms with Gasteiger partial charge >= 0.3 is 0 Å². The number of fused-ring (bicyclic) bond motifs is 1. The average molecular weight is 440 g/mol. The first-order valence-electron chi connectivity index (χ1n) is 11.7. The fraction of sp³-hybridized carbons (Fsp3) is 0.321. The van der Waals surface area contributed by atoms with Crippen molar-refractivity contribution in [1.29, 1.82) is 0 Å². The first-order chi connectivity index (χ1) is 16.0. The molecule has 4 rings (SSSR count). The van der Waals surface area contributed by atoms with Crippen LogP contribution in [0, 0.1) is 0 Å². The van der Waals surface area contributed by atoms with Crippen molar-refractivity contribution in [3.05, 3.63) is 82.8 Å². The summed E-state index contributed by atoms with van der Waals surface area (Å²) in [6.07, 6.45) is 12.4. The van der Waals surface area contributed by atoms with Gasteiger partial charge in [0.05, 0.1) is 0 Å². The molecule has 1 aromatic carbocycles. The lowest BCUT2D eigenvalue weighted by molar-refractivity contribution is 0.573. The molecule has 0 atom stereocenters. The number of aliphatic imine (C=N–C) groups is 2. The first-order valence-corrected chi connectivity index (χ1v) is 11.7. The minimum atomic E-state index is 0.799. The van der Waals surface area contributed by atoms with E-state index in [1.165, 1.54) is 41.5 Å². The van der Waals surface area contributed by atoms with Crippen LogP contribution < -0.4 is 10.2 Å². The monoisotopic (exact) mass is 439 g/mol. The molecule has 5 heteroatoms. The van der Waals surface area contributed by atoms with Gasteiger partial charge in [0.15, 0.2) is 0 Å². The van der Waals surface area contributed by atoms with E-state index in [1.807, 2.05) is 31.7 Å². The molecule has 0 unspecified atom stereocenters. The molecule has 33 heavy (non-hydrogen) atoms. The molecule has 2 aliphatic rings. The van der Waals surface area contributed by atoms with Crippen LogP contribution in [-0.2, 0) is 6.42 Å². The Hall–Kier alpha value is -3.47. The highest BCUT2D eigenvalue weighted by Crippen LogP contribution is 2.24. The molecule has 5 nitrogen and oxygen atoms in total. The molecular formula is C28H33N5. The molecule has 0 bridgehead atoms. The van der Waals surface area contributed by atoms with E-state index in [4.69, 9.17) is 0 Å². The van der Waals surface area contributed by atoms with Crippen molar-refractivity contribution in [1.82, 2.24) is 10.3 Å². The zero-order valence-corrected chi connectivity index (χ0v) is 19.9. The highest BCUT2D eigenvalue weighted by atomic mass is 15.2. The minimum absolute atomic E-state index is 0.799. The van der Waals surface area contributed by atoms with Gasteiger partial charge < -0.3 is 10.2 Å². The second kappa shape index (κ2) is 10.4. The van der Waals surface area contributed by atoms with Gasteiger partial charge in [-0.1, -0.05) is 30.4 Å². The van der Waals surface area contributed by atoms with Crippen molar-refractivity contribution in [2.75, 3.05) is 25.0 Å². The molecule has 170 valence electrons. The van der Waals surface area contributed by atoms with E-state index in [1.54, 1.807) is 0 Å². The molecular weight excluding hydrogens is 406 g/mol. The van der Waals surface area contributed by atoms with Crippen LogP contribution in [0.25, 0.3) is 11.3 Å². The normalized spacial score (nSPS) is 15.6. The number of pyridine rings is 1. The summed E-state index contributed by atoms with van der Waals surface area (Å²) in [6.45, 7) is 10.7. The van der Waals surface area contributed by atoms with Crippen LogP contribution in [0.5, 0.6) is 0 Å². The largest absolute Gasteiger partial charge is 0.357 e. The SMILES string of the molecule is C=C(NC1=CCc2cc(C(/C=N\C)=C(C)C)ccc2C=N1)c1ccnc(N2CCCCC2)c1. The maximum atomic E-state index is 4.69. The molecule has 0 radical (unpaired) electrons. The minimum Gasteiger partial charge on any atom is -0.357 e. The molecule has 0 amide bonds. The fourth-order valence-electron chi connectivity index (χ4n) is 4.31. The number of nitrogens with zero attached hydrogens (tertiary/aromatic N) is 4. The number of nitrogens with one attached hydrogen (secondary N) is 1. The number of hydrogen-bond acceptors (Lipinski definition) is 5. The van der Waals surface area contributed by atoms with Crippen LogP contribution in [0.2, 0.25) is 0 Å². The van der Waals surface area contributed by atoms with E-state index in [2.05, 4.69) is 76.0 Å². The van der Waals surface area contributed by atoms with Gasteiger partial charge in [0.1, 0.15) is 11.6 Å². The lowest BCUT2D eigenvalue weighted by Gasteiger charge is -2.28. The lowest BCUT2D eigenvalue weighted by atomic mass is 9.96. The fourth-order valence-corrected chi connectivity index (χ4v) is 4.31. The summed E-state index contributed by atoms with van der Waals surface area (Å²) in [5.41, 5.74) is 7.85. The van der Waals surface area contributed by atoms with Gasteiger partial charge in [-0.3, -0.25) is 4.99 Å². The van der Waals surface area contributed by atoms with Crippen LogP contribution in [0.15, 0.2) is 70.6 Å². The Bertz CT molecular complexity index is 1140. The summed E-state index contributed by atoms with van der Waals surface area (Å²) < 4.78 is 0. The second-order valence-electron chi connectivity index (χ2n) is 8.82. The number of hydrogen-bond donors (Lipinski definition) is 1. The van der Waals surface area contributed by atoms with Gasteiger partial charge in [0, 0.05) is 50.0 Å². The third-order valence-corrected chi connectivity index (χ3v) is 6.16. The van der Waals surface area contributed by atoms with Crippen molar-refractivity contribution < 1.29 is 0 Å². The third-order valence-electron chi connectivity index (χ3n) is 6.16. The van der Waals surface area contributed by atoms with Crippen LogP contribution in [0.3, 0.4) is 0 Å². The number of aromatic nitrogens is 1. The second-order valence-corrected chi connectivity index (χ2v) is 8.82. The molecule has 2 aromatic rings. The van der Waals surface area contributed by atoms with E-state index < -0.39 is 0 Å². The van der Waals surface area contributed by atoms with Gasteiger partial charge in [0.2, 0.25) is 0 Å². The van der Waals surface area contributed by atoms with Crippen LogP contribution >= 0.6 is 0 Å². The summed E-state index contributed by atoms with van der Waals surface area (Å²) in [4.78, 5) is 15.9. The topological polar surface area (TPSA) is 52.9 Å². The maximum Gasteiger partial charge on any atom is 0.129 e. The van der Waals surface area contributed by atoms with Crippen molar-refractivity contribution >= 4 is 29.5 Å². The lowest BCUT2D eigenvalue weighted by Crippen LogP contribution is -2.30. The van der Waals surface area contributed by atoms with Crippen molar-refractivity contribution in [2.45, 2.75) is 39.5 Å². The van der Waals surface area contributed by atoms with E-state index in [0.717, 1.165) is 48.0 Å². The molecule has 1 saturated heterocycles. The summed E-state index contributed by atoms with van der Waals surface area (Å²) >= 11 is 0. The van der Waals surface area contributed by atoms with Crippen LogP contribution in [-0.4, -0.2) is 37.6 Å². The molecule has 0 aliphatic carbocycles. The molecule has 0 saturated carbocycles. The molecule has 1 aromatic heterocycles. The highest BCUT2D eigenvalue weighted by molar-refractivity contribution is 6.11. The summed E-state index contributed by atoms with van der Waals surface area (Å²) in [5.74, 6) is 1.84. The van der Waals surface area contributed by atoms with Gasteiger partial charge in [-0.05, 0) is 80.0 Å². The Labute approximate surface area is 197 Å². The van der Waals surface area contributed by atoms with E-state index in [9.17, 15) is 0 Å². The zero-order valence-electron chi connectivity index (χ0n) is 19.9. The van der Waals surface area contributed by atoms with E-state index in [0.29, 0.717) is 0 Å². The average Bonchev–Trinajstić information content (AvgIpc) is 3.04. The van der Waals surface area contributed by atoms with E-state index >= 15 is 0 Å². The van der Waals surface area contributed by atoms with Crippen molar-refractivity contribution in [2.24, 2.45) is 9.98 Å². The maximum absolute atomic E-state index is 4.69. The molecule has 0 spiro atoms. The van der Waals surface area contributed by atoms with Crippen LogP contribution in [0.1, 0.15) is 55.4 Å². The standard InChI is InChI=1S/C28H33N5/c1-20(2)26(19-29-4)24-8-9-25-18-31-27(11-10-23(25)16-24)32-21(3)22-12-13-30-28(17-22)33-14-6-5-7-15-33/h8-9,11-13,16-19,32H,3,5-7,10,14-15H2,1-2,4H3/b29-19-. The Morgan fingerprint density at radius 3 is 2.67 bits per heavy atom. The molecule has 1 N–H and O–H groups in total. The number of piperidine rings is 1. The summed E-state index contributed by atoms with van der Waals surface area (Å²) in [5, 5.41) is 3.41. The third kappa shape index (κ3) is 5.48. The number of anilines is 1. The summed E-state index contributed by atoms with van der Waals surface area (Å²) in [6, 6.07) is 10.7. The molecule has 1 fully saturated rings. The van der Waals surface area contributed by atoms with Crippen LogP contribution in [0.4, 0.5) is 5.82 Å². The summed E-state index contributed by atoms with van der Waals surface area (Å²) in [7, 11) is 1.81. The van der Waals surface area contributed by atoms with Gasteiger partial charge in [-0.2, -0.15) is 0 Å². The van der Waals surface area contributed by atoms with Gasteiger partial charge in [-0.25, -0.2) is 9.98 Å². The smallest absolute Gasteiger partial charge is 0.129 e. The Kier molecular flexibility index (Phi) is 7.18. The zero-order chi connectivity index (χ0) is 23.2. The van der Waals surface area contributed by atoms with Gasteiger partial charge in [-0.15, -0.1) is 0 Å². The highest BCUT2D eigenvalue weighted by Gasteiger charge is 2.14. The van der Waals surface area contributed by atoms with Crippen molar-refractivity contribution in [3.8, 4) is 0 Å². The predicted molar refractivity (Wildman–Crippen MR) is 141 cm³/mol. The Morgan fingerprint density at radius 1 is 1.09 bits per heavy atom. The van der Waals surface area contributed by atoms with Gasteiger partial charge in [0.25, 0.3) is 0 Å². The van der Waals surface area contributed by atoms with Crippen molar-refractivity contribution in [3.63, 3.8) is 0 Å². The Morgan fingerprint density at radius 2 is 1.91 bits per heavy atom. The quantitative estimate of drug-likeness (QED) is 0.593. The Balaban J connectivity index is 1.49. The first kappa shape index (κ1) is 22.7. The molecule has 2 aliphatic heterocycles. The number of rotatable bonds is 6.